The molecule has 132 valence electrons. The van der Waals surface area contributed by atoms with Gasteiger partial charge in [-0.25, -0.2) is 8.42 Å². The molecular weight excluding hydrogens is 360 g/mol. The Labute approximate surface area is 152 Å². The third kappa shape index (κ3) is 4.32. The van der Waals surface area contributed by atoms with E-state index < -0.39 is 10.0 Å². The molecule has 0 saturated carbocycles. The monoisotopic (exact) mass is 378 g/mol. The molecule has 0 bridgehead atoms. The number of hydrogen-bond acceptors (Lipinski definition) is 3. The van der Waals surface area contributed by atoms with Gasteiger partial charge in [0, 0.05) is 12.2 Å². The highest BCUT2D eigenvalue weighted by Gasteiger charge is 2.27. The minimum atomic E-state index is -3.31. The number of benzene rings is 2. The number of rotatable bonds is 4. The van der Waals surface area contributed by atoms with Crippen molar-refractivity contribution in [2.75, 3.05) is 21.9 Å². The molecule has 2 aromatic carbocycles. The molecule has 5 nitrogen and oxygen atoms in total. The molecule has 7 heteroatoms. The van der Waals surface area contributed by atoms with Gasteiger partial charge >= 0.3 is 0 Å². The molecule has 0 aliphatic carbocycles. The highest BCUT2D eigenvalue weighted by Crippen LogP contribution is 2.32. The van der Waals surface area contributed by atoms with Crippen LogP contribution in [0.15, 0.2) is 48.5 Å². The molecule has 25 heavy (non-hydrogen) atoms. The van der Waals surface area contributed by atoms with Crippen molar-refractivity contribution in [3.8, 4) is 0 Å². The normalized spacial score (nSPS) is 16.4. The van der Waals surface area contributed by atoms with Gasteiger partial charge in [-0.05, 0) is 36.6 Å². The summed E-state index contributed by atoms with van der Waals surface area (Å²) in [6.45, 7) is 0.432. The Balaban J connectivity index is 1.72. The van der Waals surface area contributed by atoms with Crippen molar-refractivity contribution in [1.29, 1.82) is 0 Å². The standard InChI is InChI=1S/C18H19ClN2O3S/c19-16-13-15(20-18(22)12-14-6-2-1-3-7-14)8-9-17(16)21-10-4-5-11-25(21,23)24/h1-3,6-9,13H,4-5,10-12H2,(H,20,22). The number of amides is 1. The maximum Gasteiger partial charge on any atom is 0.235 e. The minimum absolute atomic E-state index is 0.138. The van der Waals surface area contributed by atoms with Gasteiger partial charge in [0.25, 0.3) is 0 Å². The van der Waals surface area contributed by atoms with Crippen molar-refractivity contribution in [2.45, 2.75) is 19.3 Å². The smallest absolute Gasteiger partial charge is 0.235 e. The molecule has 0 unspecified atom stereocenters. The molecule has 0 spiro atoms. The zero-order valence-electron chi connectivity index (χ0n) is 13.6. The fourth-order valence-electron chi connectivity index (χ4n) is 2.83. The fraction of sp³-hybridized carbons (Fsp3) is 0.278. The van der Waals surface area contributed by atoms with Crippen molar-refractivity contribution in [3.05, 3.63) is 59.1 Å². The van der Waals surface area contributed by atoms with E-state index in [1.807, 2.05) is 30.3 Å². The molecule has 0 atom stereocenters. The van der Waals surface area contributed by atoms with E-state index in [-0.39, 0.29) is 18.1 Å². The van der Waals surface area contributed by atoms with Gasteiger partial charge in [0.05, 0.1) is 22.9 Å². The van der Waals surface area contributed by atoms with Gasteiger partial charge in [-0.15, -0.1) is 0 Å². The fourth-order valence-corrected chi connectivity index (χ4v) is 4.82. The molecule has 1 heterocycles. The van der Waals surface area contributed by atoms with Gasteiger partial charge in [0.1, 0.15) is 0 Å². The number of anilines is 2. The van der Waals surface area contributed by atoms with E-state index in [1.54, 1.807) is 18.2 Å². The molecule has 0 radical (unpaired) electrons. The Morgan fingerprint density at radius 1 is 1.12 bits per heavy atom. The first kappa shape index (κ1) is 17.8. The zero-order valence-corrected chi connectivity index (χ0v) is 15.2. The van der Waals surface area contributed by atoms with Gasteiger partial charge in [0.15, 0.2) is 0 Å². The molecule has 3 rings (SSSR count). The number of carbonyl (C=O) groups excluding carboxylic acids is 1. The van der Waals surface area contributed by atoms with Crippen molar-refractivity contribution < 1.29 is 13.2 Å². The van der Waals surface area contributed by atoms with E-state index >= 15 is 0 Å². The van der Waals surface area contributed by atoms with E-state index in [1.165, 1.54) is 4.31 Å². The maximum absolute atomic E-state index is 12.2. The van der Waals surface area contributed by atoms with Crippen LogP contribution < -0.4 is 9.62 Å². The van der Waals surface area contributed by atoms with Crippen LogP contribution >= 0.6 is 11.6 Å². The van der Waals surface area contributed by atoms with Crippen LogP contribution in [0.25, 0.3) is 0 Å². The predicted octanol–water partition coefficient (Wildman–Crippen LogP) is 3.45. The van der Waals surface area contributed by atoms with Crippen LogP contribution in [0.3, 0.4) is 0 Å². The summed E-state index contributed by atoms with van der Waals surface area (Å²) in [6.07, 6.45) is 1.75. The van der Waals surface area contributed by atoms with Crippen LogP contribution in [0.4, 0.5) is 11.4 Å². The number of sulfonamides is 1. The average Bonchev–Trinajstić information content (AvgIpc) is 2.56. The Bertz CT molecular complexity index is 869. The van der Waals surface area contributed by atoms with Gasteiger partial charge in [-0.3, -0.25) is 9.10 Å². The largest absolute Gasteiger partial charge is 0.326 e. The molecule has 0 aromatic heterocycles. The summed E-state index contributed by atoms with van der Waals surface area (Å²) in [5, 5.41) is 3.10. The van der Waals surface area contributed by atoms with Crippen molar-refractivity contribution >= 4 is 38.9 Å². The molecular formula is C18H19ClN2O3S. The first-order valence-corrected chi connectivity index (χ1v) is 10.1. The molecule has 1 aliphatic heterocycles. The Morgan fingerprint density at radius 2 is 1.88 bits per heavy atom. The molecule has 1 saturated heterocycles. The summed E-state index contributed by atoms with van der Waals surface area (Å²) in [4.78, 5) is 12.1. The van der Waals surface area contributed by atoms with E-state index in [0.717, 1.165) is 12.0 Å². The first-order chi connectivity index (χ1) is 12.0. The second-order valence-electron chi connectivity index (χ2n) is 5.97. The molecule has 2 aromatic rings. The van der Waals surface area contributed by atoms with Gasteiger partial charge in [-0.2, -0.15) is 0 Å². The highest BCUT2D eigenvalue weighted by atomic mass is 35.5. The lowest BCUT2D eigenvalue weighted by Crippen LogP contribution is -2.38. The van der Waals surface area contributed by atoms with Gasteiger partial charge < -0.3 is 5.32 Å². The number of nitrogens with one attached hydrogen (secondary N) is 1. The van der Waals surface area contributed by atoms with Crippen molar-refractivity contribution in [2.24, 2.45) is 0 Å². The third-order valence-electron chi connectivity index (χ3n) is 4.06. The van der Waals surface area contributed by atoms with E-state index in [9.17, 15) is 13.2 Å². The zero-order chi connectivity index (χ0) is 17.9. The SMILES string of the molecule is O=C(Cc1ccccc1)Nc1ccc(N2CCCCS2(=O)=O)c(Cl)c1. The van der Waals surface area contributed by atoms with Crippen LogP contribution in [0.5, 0.6) is 0 Å². The second kappa shape index (κ2) is 7.45. The number of nitrogens with zero attached hydrogens (tertiary/aromatic N) is 1. The lowest BCUT2D eigenvalue weighted by Gasteiger charge is -2.29. The minimum Gasteiger partial charge on any atom is -0.326 e. The Morgan fingerprint density at radius 3 is 2.56 bits per heavy atom. The summed E-state index contributed by atoms with van der Waals surface area (Å²) in [5.41, 5.74) is 1.92. The van der Waals surface area contributed by atoms with Crippen LogP contribution in [-0.4, -0.2) is 26.6 Å². The van der Waals surface area contributed by atoms with Gasteiger partial charge in [-0.1, -0.05) is 41.9 Å². The van der Waals surface area contributed by atoms with Crippen molar-refractivity contribution in [1.82, 2.24) is 0 Å². The third-order valence-corrected chi connectivity index (χ3v) is 6.22. The van der Waals surface area contributed by atoms with E-state index in [0.29, 0.717) is 29.4 Å². The first-order valence-electron chi connectivity index (χ1n) is 8.09. The molecule has 1 N–H and O–H groups in total. The molecule has 1 aliphatic rings. The lowest BCUT2D eigenvalue weighted by atomic mass is 10.1. The number of carbonyl (C=O) groups is 1. The van der Waals surface area contributed by atoms with Crippen LogP contribution in [0, 0.1) is 0 Å². The van der Waals surface area contributed by atoms with Crippen LogP contribution in [-0.2, 0) is 21.2 Å². The highest BCUT2D eigenvalue weighted by molar-refractivity contribution is 7.92. The van der Waals surface area contributed by atoms with Gasteiger partial charge in [0.2, 0.25) is 15.9 Å². The Kier molecular flexibility index (Phi) is 5.30. The summed E-state index contributed by atoms with van der Waals surface area (Å²) in [7, 11) is -3.31. The maximum atomic E-state index is 12.2. The van der Waals surface area contributed by atoms with Crippen molar-refractivity contribution in [3.63, 3.8) is 0 Å². The van der Waals surface area contributed by atoms with Crippen LogP contribution in [0.2, 0.25) is 5.02 Å². The summed E-state index contributed by atoms with van der Waals surface area (Å²) < 4.78 is 25.8. The van der Waals surface area contributed by atoms with Crippen LogP contribution in [0.1, 0.15) is 18.4 Å². The number of hydrogen-bond donors (Lipinski definition) is 1. The molecule has 1 amide bonds. The summed E-state index contributed by atoms with van der Waals surface area (Å²) in [5.74, 6) is -0.0144. The second-order valence-corrected chi connectivity index (χ2v) is 8.39. The topological polar surface area (TPSA) is 66.5 Å². The van der Waals surface area contributed by atoms with E-state index in [2.05, 4.69) is 5.32 Å². The predicted molar refractivity (Wildman–Crippen MR) is 101 cm³/mol. The van der Waals surface area contributed by atoms with E-state index in [4.69, 9.17) is 11.6 Å². The Hall–Kier alpha value is -2.05. The number of halogens is 1. The summed E-state index contributed by atoms with van der Waals surface area (Å²) >= 11 is 6.28. The average molecular weight is 379 g/mol. The lowest BCUT2D eigenvalue weighted by molar-refractivity contribution is -0.115. The summed E-state index contributed by atoms with van der Waals surface area (Å²) in [6, 6.07) is 14.3. The quantitative estimate of drug-likeness (QED) is 0.886. The molecule has 1 fully saturated rings.